The number of carboxylic acid groups (broad SMARTS) is 1. The molecule has 0 fully saturated rings. The molecular formula is C14H13NO5S. The number of aromatic carboxylic acids is 1. The molecule has 0 spiro atoms. The predicted octanol–water partition coefficient (Wildman–Crippen LogP) is 2.20. The lowest BCUT2D eigenvalue weighted by Gasteiger charge is -2.09. The van der Waals surface area contributed by atoms with E-state index in [2.05, 4.69) is 4.72 Å². The molecule has 3 N–H and O–H groups in total. The van der Waals surface area contributed by atoms with Crippen molar-refractivity contribution in [2.24, 2.45) is 0 Å². The molecular weight excluding hydrogens is 294 g/mol. The molecule has 0 atom stereocenters. The Morgan fingerprint density at radius 1 is 1.14 bits per heavy atom. The zero-order chi connectivity index (χ0) is 15.6. The van der Waals surface area contributed by atoms with Crippen molar-refractivity contribution in [1.82, 2.24) is 0 Å². The van der Waals surface area contributed by atoms with Crippen molar-refractivity contribution >= 4 is 21.7 Å². The summed E-state index contributed by atoms with van der Waals surface area (Å²) in [6.45, 7) is 1.77. The van der Waals surface area contributed by atoms with E-state index < -0.39 is 21.7 Å². The van der Waals surface area contributed by atoms with Crippen molar-refractivity contribution in [3.05, 3.63) is 53.6 Å². The molecule has 2 aromatic carbocycles. The number of carboxylic acids is 1. The topological polar surface area (TPSA) is 104 Å². The first-order chi connectivity index (χ1) is 9.79. The number of anilines is 1. The molecule has 0 unspecified atom stereocenters. The highest BCUT2D eigenvalue weighted by atomic mass is 32.2. The van der Waals surface area contributed by atoms with Crippen LogP contribution in [0.2, 0.25) is 0 Å². The molecule has 0 saturated heterocycles. The molecule has 6 nitrogen and oxygen atoms in total. The summed E-state index contributed by atoms with van der Waals surface area (Å²) in [4.78, 5) is 10.9. The van der Waals surface area contributed by atoms with E-state index in [1.54, 1.807) is 19.1 Å². The average Bonchev–Trinajstić information content (AvgIpc) is 2.37. The minimum Gasteiger partial charge on any atom is -0.507 e. The van der Waals surface area contributed by atoms with Gasteiger partial charge in [0.15, 0.2) is 0 Å². The van der Waals surface area contributed by atoms with E-state index in [1.807, 2.05) is 0 Å². The van der Waals surface area contributed by atoms with Gasteiger partial charge >= 0.3 is 5.97 Å². The second-order valence-corrected chi connectivity index (χ2v) is 6.14. The Morgan fingerprint density at radius 3 is 2.43 bits per heavy atom. The maximum absolute atomic E-state index is 12.2. The summed E-state index contributed by atoms with van der Waals surface area (Å²) in [5.74, 6) is -1.80. The van der Waals surface area contributed by atoms with Gasteiger partial charge in [-0.1, -0.05) is 12.1 Å². The lowest BCUT2D eigenvalue weighted by molar-refractivity contribution is 0.0694. The number of hydrogen-bond donors (Lipinski definition) is 3. The number of sulfonamides is 1. The highest BCUT2D eigenvalue weighted by molar-refractivity contribution is 7.92. The first-order valence-electron chi connectivity index (χ1n) is 5.95. The van der Waals surface area contributed by atoms with Crippen LogP contribution in [0.3, 0.4) is 0 Å². The summed E-state index contributed by atoms with van der Waals surface area (Å²) >= 11 is 0. The quantitative estimate of drug-likeness (QED) is 0.803. The summed E-state index contributed by atoms with van der Waals surface area (Å²) < 4.78 is 26.6. The fourth-order valence-corrected chi connectivity index (χ4v) is 2.93. The maximum Gasteiger partial charge on any atom is 0.339 e. The number of aromatic hydroxyl groups is 1. The first-order valence-corrected chi connectivity index (χ1v) is 7.44. The largest absolute Gasteiger partial charge is 0.507 e. The Hall–Kier alpha value is -2.54. The van der Waals surface area contributed by atoms with Crippen LogP contribution in [0.5, 0.6) is 5.75 Å². The van der Waals surface area contributed by atoms with Gasteiger partial charge in [-0.3, -0.25) is 4.72 Å². The lowest BCUT2D eigenvalue weighted by atomic mass is 10.2. The molecule has 2 rings (SSSR count). The van der Waals surface area contributed by atoms with Gasteiger partial charge in [0.05, 0.1) is 10.6 Å². The van der Waals surface area contributed by atoms with Crippen LogP contribution in [-0.2, 0) is 10.0 Å². The molecule has 0 bridgehead atoms. The van der Waals surface area contributed by atoms with Gasteiger partial charge in [0.1, 0.15) is 11.3 Å². The van der Waals surface area contributed by atoms with Gasteiger partial charge in [-0.25, -0.2) is 13.2 Å². The normalized spacial score (nSPS) is 11.1. The third-order valence-electron chi connectivity index (χ3n) is 2.78. The number of hydrogen-bond acceptors (Lipinski definition) is 4. The molecule has 0 saturated carbocycles. The summed E-state index contributed by atoms with van der Waals surface area (Å²) in [5, 5.41) is 18.4. The molecule has 7 heteroatoms. The molecule has 0 aliphatic rings. The molecule has 21 heavy (non-hydrogen) atoms. The minimum atomic E-state index is -3.79. The number of rotatable bonds is 4. The monoisotopic (exact) mass is 307 g/mol. The molecule has 0 amide bonds. The zero-order valence-electron chi connectivity index (χ0n) is 11.1. The SMILES string of the molecule is Cc1cccc(S(=O)(=O)Nc2ccc(C(=O)O)c(O)c2)c1. The van der Waals surface area contributed by atoms with Crippen molar-refractivity contribution in [1.29, 1.82) is 0 Å². The summed E-state index contributed by atoms with van der Waals surface area (Å²) in [7, 11) is -3.79. The Labute approximate surface area is 121 Å². The second-order valence-electron chi connectivity index (χ2n) is 4.46. The number of benzene rings is 2. The Kier molecular flexibility index (Phi) is 3.86. The zero-order valence-corrected chi connectivity index (χ0v) is 11.9. The van der Waals surface area contributed by atoms with Crippen molar-refractivity contribution < 1.29 is 23.4 Å². The molecule has 110 valence electrons. The van der Waals surface area contributed by atoms with Crippen molar-refractivity contribution in [2.75, 3.05) is 4.72 Å². The number of aryl methyl sites for hydroxylation is 1. The van der Waals surface area contributed by atoms with Crippen LogP contribution in [0.4, 0.5) is 5.69 Å². The summed E-state index contributed by atoms with van der Waals surface area (Å²) in [5.41, 5.74) is 0.578. The van der Waals surface area contributed by atoms with Crippen molar-refractivity contribution in [3.63, 3.8) is 0 Å². The molecule has 0 radical (unpaired) electrons. The smallest absolute Gasteiger partial charge is 0.339 e. The van der Waals surface area contributed by atoms with Crippen LogP contribution < -0.4 is 4.72 Å². The van der Waals surface area contributed by atoms with Gasteiger partial charge in [-0.15, -0.1) is 0 Å². The molecule has 0 heterocycles. The van der Waals surface area contributed by atoms with Crippen LogP contribution >= 0.6 is 0 Å². The van der Waals surface area contributed by atoms with Crippen molar-refractivity contribution in [2.45, 2.75) is 11.8 Å². The van der Waals surface area contributed by atoms with E-state index in [-0.39, 0.29) is 16.1 Å². The van der Waals surface area contributed by atoms with Gasteiger partial charge in [-0.2, -0.15) is 0 Å². The van der Waals surface area contributed by atoms with Crippen LogP contribution in [0.25, 0.3) is 0 Å². The molecule has 0 aliphatic carbocycles. The Balaban J connectivity index is 2.33. The third-order valence-corrected chi connectivity index (χ3v) is 4.16. The third kappa shape index (κ3) is 3.32. The summed E-state index contributed by atoms with van der Waals surface area (Å²) in [6.07, 6.45) is 0. The van der Waals surface area contributed by atoms with E-state index in [0.717, 1.165) is 17.7 Å². The lowest BCUT2D eigenvalue weighted by Crippen LogP contribution is -2.13. The van der Waals surface area contributed by atoms with Gasteiger partial charge < -0.3 is 10.2 Å². The van der Waals surface area contributed by atoms with E-state index in [4.69, 9.17) is 5.11 Å². The number of phenols is 1. The number of carbonyl (C=O) groups is 1. The fraction of sp³-hybridized carbons (Fsp3) is 0.0714. The van der Waals surface area contributed by atoms with E-state index >= 15 is 0 Å². The van der Waals surface area contributed by atoms with E-state index in [1.165, 1.54) is 18.2 Å². The minimum absolute atomic E-state index is 0.0824. The molecule has 0 aromatic heterocycles. The molecule has 2 aromatic rings. The average molecular weight is 307 g/mol. The standard InChI is InChI=1S/C14H13NO5S/c1-9-3-2-4-11(7-9)21(19,20)15-10-5-6-12(14(17)18)13(16)8-10/h2-8,15-16H,1H3,(H,17,18). The van der Waals surface area contributed by atoms with Crippen LogP contribution in [-0.4, -0.2) is 24.6 Å². The van der Waals surface area contributed by atoms with Gasteiger partial charge in [-0.05, 0) is 36.8 Å². The van der Waals surface area contributed by atoms with Crippen molar-refractivity contribution in [3.8, 4) is 5.75 Å². The Morgan fingerprint density at radius 2 is 1.86 bits per heavy atom. The summed E-state index contributed by atoms with van der Waals surface area (Å²) in [6, 6.07) is 9.80. The predicted molar refractivity (Wildman–Crippen MR) is 77.1 cm³/mol. The maximum atomic E-state index is 12.2. The number of nitrogens with one attached hydrogen (secondary N) is 1. The van der Waals surface area contributed by atoms with Gasteiger partial charge in [0.2, 0.25) is 0 Å². The fourth-order valence-electron chi connectivity index (χ4n) is 1.77. The second kappa shape index (κ2) is 5.45. The van der Waals surface area contributed by atoms with E-state index in [0.29, 0.717) is 0 Å². The highest BCUT2D eigenvalue weighted by Gasteiger charge is 2.16. The molecule has 0 aliphatic heterocycles. The highest BCUT2D eigenvalue weighted by Crippen LogP contribution is 2.24. The van der Waals surface area contributed by atoms with E-state index in [9.17, 15) is 18.3 Å². The first kappa shape index (κ1) is 14.9. The van der Waals surface area contributed by atoms with Crippen LogP contribution in [0, 0.1) is 6.92 Å². The Bertz CT molecular complexity index is 799. The van der Waals surface area contributed by atoms with Crippen LogP contribution in [0.15, 0.2) is 47.4 Å². The van der Waals surface area contributed by atoms with Crippen LogP contribution in [0.1, 0.15) is 15.9 Å². The van der Waals surface area contributed by atoms with Gasteiger partial charge in [0.25, 0.3) is 10.0 Å². The van der Waals surface area contributed by atoms with Gasteiger partial charge in [0, 0.05) is 6.07 Å².